The fourth-order valence-corrected chi connectivity index (χ4v) is 4.31. The Morgan fingerprint density at radius 2 is 1.76 bits per heavy atom. The van der Waals surface area contributed by atoms with Gasteiger partial charge in [0.15, 0.2) is 11.0 Å². The van der Waals surface area contributed by atoms with E-state index in [1.807, 2.05) is 47.9 Å². The van der Waals surface area contributed by atoms with Crippen molar-refractivity contribution in [2.24, 2.45) is 5.10 Å². The summed E-state index contributed by atoms with van der Waals surface area (Å²) < 4.78 is 7.42. The quantitative estimate of drug-likeness (QED) is 0.119. The van der Waals surface area contributed by atoms with E-state index >= 15 is 0 Å². The summed E-state index contributed by atoms with van der Waals surface area (Å²) in [5, 5.41) is 24.8. The molecule has 0 aliphatic carbocycles. The molecule has 1 aromatic heterocycles. The first kappa shape index (κ1) is 26.8. The Balaban J connectivity index is 1.51. The first-order valence-electron chi connectivity index (χ1n) is 11.5. The first-order chi connectivity index (χ1) is 18.4. The Labute approximate surface area is 227 Å². The van der Waals surface area contributed by atoms with E-state index in [2.05, 4.69) is 20.7 Å². The minimum atomic E-state index is -0.473. The number of ether oxygens (including phenoxy) is 1. The largest absolute Gasteiger partial charge is 0.494 e. The van der Waals surface area contributed by atoms with Crippen molar-refractivity contribution in [1.29, 1.82) is 0 Å². The van der Waals surface area contributed by atoms with Gasteiger partial charge in [-0.2, -0.15) is 5.10 Å². The van der Waals surface area contributed by atoms with Crippen LogP contribution >= 0.6 is 23.4 Å². The molecule has 1 amide bonds. The Bertz CT molecular complexity index is 1450. The van der Waals surface area contributed by atoms with Crippen LogP contribution in [0.2, 0.25) is 5.02 Å². The molecule has 0 saturated heterocycles. The van der Waals surface area contributed by atoms with Crippen LogP contribution in [0.1, 0.15) is 19.4 Å². The number of non-ortho nitro benzene ring substituents is 1. The lowest BCUT2D eigenvalue weighted by Crippen LogP contribution is -2.21. The lowest BCUT2D eigenvalue weighted by atomic mass is 10.1. The van der Waals surface area contributed by atoms with Gasteiger partial charge >= 0.3 is 0 Å². The monoisotopic (exact) mass is 550 g/mol. The second-order valence-electron chi connectivity index (χ2n) is 7.90. The lowest BCUT2D eigenvalue weighted by Gasteiger charge is -2.11. The standard InChI is InChI=1S/C26H23ClN6O4S/c1-3-37-23-14-12-21(13-15-23)32-25(19-4-8-20(27)9-5-19)30-31-26(32)38-16-24(34)29-28-17(2)18-6-10-22(11-7-18)33(35)36/h4-15H,3,16H2,1-2H3,(H,29,34)/b28-17+. The zero-order chi connectivity index (χ0) is 27.1. The van der Waals surface area contributed by atoms with Crippen molar-refractivity contribution in [1.82, 2.24) is 20.2 Å². The Kier molecular flexibility index (Phi) is 8.72. The minimum Gasteiger partial charge on any atom is -0.494 e. The van der Waals surface area contributed by atoms with Crippen molar-refractivity contribution < 1.29 is 14.5 Å². The van der Waals surface area contributed by atoms with E-state index in [0.29, 0.717) is 33.9 Å². The highest BCUT2D eigenvalue weighted by Crippen LogP contribution is 2.29. The summed E-state index contributed by atoms with van der Waals surface area (Å²) in [6, 6.07) is 20.7. The highest BCUT2D eigenvalue weighted by molar-refractivity contribution is 7.99. The third kappa shape index (κ3) is 6.55. The molecule has 0 fully saturated rings. The Hall–Kier alpha value is -4.22. The summed E-state index contributed by atoms with van der Waals surface area (Å²) in [4.78, 5) is 22.9. The van der Waals surface area contributed by atoms with Gasteiger partial charge in [-0.1, -0.05) is 23.4 Å². The zero-order valence-corrected chi connectivity index (χ0v) is 22.1. The summed E-state index contributed by atoms with van der Waals surface area (Å²) in [7, 11) is 0. The number of nitrogens with zero attached hydrogens (tertiary/aromatic N) is 5. The molecule has 1 N–H and O–H groups in total. The maximum absolute atomic E-state index is 12.6. The third-order valence-electron chi connectivity index (χ3n) is 5.32. The molecule has 194 valence electrons. The molecule has 4 aromatic rings. The number of rotatable bonds is 10. The fraction of sp³-hybridized carbons (Fsp3) is 0.154. The van der Waals surface area contributed by atoms with Crippen LogP contribution in [0.15, 0.2) is 83.1 Å². The van der Waals surface area contributed by atoms with Crippen LogP contribution in [0.4, 0.5) is 5.69 Å². The highest BCUT2D eigenvalue weighted by atomic mass is 35.5. The molecule has 0 saturated carbocycles. The molecular weight excluding hydrogens is 528 g/mol. The van der Waals surface area contributed by atoms with Gasteiger partial charge in [0.1, 0.15) is 5.75 Å². The number of thioether (sulfide) groups is 1. The van der Waals surface area contributed by atoms with Gasteiger partial charge in [-0.15, -0.1) is 10.2 Å². The summed E-state index contributed by atoms with van der Waals surface area (Å²) in [5.41, 5.74) is 5.30. The average molecular weight is 551 g/mol. The van der Waals surface area contributed by atoms with E-state index in [0.717, 1.165) is 17.0 Å². The molecule has 10 nitrogen and oxygen atoms in total. The zero-order valence-electron chi connectivity index (χ0n) is 20.5. The minimum absolute atomic E-state index is 0.0170. The van der Waals surface area contributed by atoms with Crippen molar-refractivity contribution >= 4 is 40.7 Å². The summed E-state index contributed by atoms with van der Waals surface area (Å²) in [5.74, 6) is 1.03. The number of hydrazone groups is 1. The van der Waals surface area contributed by atoms with Crippen molar-refractivity contribution in [2.45, 2.75) is 19.0 Å². The molecule has 3 aromatic carbocycles. The molecule has 0 unspecified atom stereocenters. The average Bonchev–Trinajstić information content (AvgIpc) is 3.35. The van der Waals surface area contributed by atoms with Crippen LogP contribution in [0, 0.1) is 10.1 Å². The van der Waals surface area contributed by atoms with Gasteiger partial charge in [0.2, 0.25) is 0 Å². The third-order valence-corrected chi connectivity index (χ3v) is 6.50. The van der Waals surface area contributed by atoms with Crippen LogP contribution in [-0.2, 0) is 4.79 Å². The van der Waals surface area contributed by atoms with E-state index < -0.39 is 4.92 Å². The maximum atomic E-state index is 12.6. The molecule has 4 rings (SSSR count). The van der Waals surface area contributed by atoms with E-state index in [1.165, 1.54) is 23.9 Å². The van der Waals surface area contributed by atoms with Gasteiger partial charge in [-0.05, 0) is 80.1 Å². The number of halogens is 1. The van der Waals surface area contributed by atoms with Crippen molar-refractivity contribution in [3.63, 3.8) is 0 Å². The lowest BCUT2D eigenvalue weighted by molar-refractivity contribution is -0.384. The number of nitro groups is 1. The topological polar surface area (TPSA) is 125 Å². The number of carbonyl (C=O) groups is 1. The van der Waals surface area contributed by atoms with E-state index in [-0.39, 0.29) is 17.3 Å². The molecular formula is C26H23ClN6O4S. The molecule has 0 atom stereocenters. The second-order valence-corrected chi connectivity index (χ2v) is 9.28. The van der Waals surface area contributed by atoms with Crippen LogP contribution in [0.25, 0.3) is 17.1 Å². The molecule has 1 heterocycles. The van der Waals surface area contributed by atoms with Gasteiger partial charge in [-0.25, -0.2) is 5.43 Å². The molecule has 0 bridgehead atoms. The smallest absolute Gasteiger partial charge is 0.269 e. The molecule has 0 aliphatic heterocycles. The Morgan fingerprint density at radius 3 is 2.39 bits per heavy atom. The summed E-state index contributed by atoms with van der Waals surface area (Å²) in [6.45, 7) is 4.18. The maximum Gasteiger partial charge on any atom is 0.269 e. The van der Waals surface area contributed by atoms with Gasteiger partial charge in [-0.3, -0.25) is 19.5 Å². The van der Waals surface area contributed by atoms with E-state index in [4.69, 9.17) is 16.3 Å². The predicted octanol–water partition coefficient (Wildman–Crippen LogP) is 5.53. The predicted molar refractivity (Wildman–Crippen MR) is 147 cm³/mol. The van der Waals surface area contributed by atoms with Crippen molar-refractivity contribution in [2.75, 3.05) is 12.4 Å². The van der Waals surface area contributed by atoms with Crippen LogP contribution < -0.4 is 10.2 Å². The van der Waals surface area contributed by atoms with Crippen LogP contribution in [0.3, 0.4) is 0 Å². The SMILES string of the molecule is CCOc1ccc(-n2c(SCC(=O)N/N=C(\C)c3ccc([N+](=O)[O-])cc3)nnc2-c2ccc(Cl)cc2)cc1. The fourth-order valence-electron chi connectivity index (χ4n) is 3.44. The van der Waals surface area contributed by atoms with Crippen molar-refractivity contribution in [3.05, 3.63) is 93.5 Å². The number of hydrogen-bond donors (Lipinski definition) is 1. The molecule has 0 radical (unpaired) electrons. The summed E-state index contributed by atoms with van der Waals surface area (Å²) >= 11 is 7.27. The first-order valence-corrected chi connectivity index (χ1v) is 12.9. The second kappa shape index (κ2) is 12.3. The molecule has 0 aliphatic rings. The molecule has 0 spiro atoms. The van der Waals surface area contributed by atoms with E-state index in [1.54, 1.807) is 31.2 Å². The van der Waals surface area contributed by atoms with E-state index in [9.17, 15) is 14.9 Å². The molecule has 12 heteroatoms. The van der Waals surface area contributed by atoms with Crippen molar-refractivity contribution in [3.8, 4) is 22.8 Å². The highest BCUT2D eigenvalue weighted by Gasteiger charge is 2.18. The van der Waals surface area contributed by atoms with Crippen LogP contribution in [-0.4, -0.2) is 43.7 Å². The van der Waals surface area contributed by atoms with Gasteiger partial charge in [0.05, 0.1) is 23.0 Å². The number of carbonyl (C=O) groups excluding carboxylic acids is 1. The Morgan fingerprint density at radius 1 is 1.08 bits per heavy atom. The number of amides is 1. The normalized spacial score (nSPS) is 11.3. The molecule has 38 heavy (non-hydrogen) atoms. The number of nitro benzene ring substituents is 1. The summed E-state index contributed by atoms with van der Waals surface area (Å²) in [6.07, 6.45) is 0. The number of hydrogen-bond acceptors (Lipinski definition) is 8. The van der Waals surface area contributed by atoms with Gasteiger partial charge in [0.25, 0.3) is 11.6 Å². The van der Waals surface area contributed by atoms with Crippen LogP contribution in [0.5, 0.6) is 5.75 Å². The number of nitrogens with one attached hydrogen (secondary N) is 1. The number of benzene rings is 3. The van der Waals surface area contributed by atoms with Gasteiger partial charge < -0.3 is 4.74 Å². The number of aromatic nitrogens is 3. The van der Waals surface area contributed by atoms with Gasteiger partial charge in [0, 0.05) is 28.4 Å².